The average Bonchev–Trinajstić information content (AvgIpc) is 2.72. The highest BCUT2D eigenvalue weighted by Gasteiger charge is 2.11. The van der Waals surface area contributed by atoms with Crippen LogP contribution in [-0.4, -0.2) is 17.8 Å². The van der Waals surface area contributed by atoms with E-state index in [1.54, 1.807) is 12.1 Å². The maximum atomic E-state index is 8.94. The van der Waals surface area contributed by atoms with Gasteiger partial charge in [0.05, 0.1) is 6.54 Å². The van der Waals surface area contributed by atoms with Crippen molar-refractivity contribution >= 4 is 0 Å². The average molecular weight is 208 g/mol. The van der Waals surface area contributed by atoms with Crippen molar-refractivity contribution in [2.24, 2.45) is 5.92 Å². The molecule has 0 radical (unpaired) electrons. The van der Waals surface area contributed by atoms with Gasteiger partial charge >= 0.3 is 0 Å². The Balaban J connectivity index is 2.40. The quantitative estimate of drug-likeness (QED) is 0.764. The van der Waals surface area contributed by atoms with Crippen molar-refractivity contribution in [1.82, 2.24) is 5.32 Å². The standard InChI is InChI=1S/C11H16N2O2/c1-8(7-14)9(2)13-6-11-4-3-10(5-12)15-11/h3-4,8-9,13-14H,6-7H2,1-2H3. The normalized spacial score (nSPS) is 14.5. The van der Waals surface area contributed by atoms with Crippen LogP contribution in [0.3, 0.4) is 0 Å². The van der Waals surface area contributed by atoms with Crippen LogP contribution in [0, 0.1) is 17.2 Å². The first-order valence-corrected chi connectivity index (χ1v) is 5.00. The second-order valence-electron chi connectivity index (χ2n) is 3.71. The van der Waals surface area contributed by atoms with Crippen LogP contribution in [0.2, 0.25) is 0 Å². The maximum Gasteiger partial charge on any atom is 0.203 e. The Morgan fingerprint density at radius 3 is 2.80 bits per heavy atom. The summed E-state index contributed by atoms with van der Waals surface area (Å²) in [6.45, 7) is 4.72. The Hall–Kier alpha value is -1.31. The predicted octanol–water partition coefficient (Wildman–Crippen LogP) is 1.26. The Kier molecular flexibility index (Phi) is 4.35. The number of rotatable bonds is 5. The van der Waals surface area contributed by atoms with Gasteiger partial charge in [-0.1, -0.05) is 6.92 Å². The summed E-state index contributed by atoms with van der Waals surface area (Å²) in [5, 5.41) is 20.7. The van der Waals surface area contributed by atoms with Crippen LogP contribution in [0.25, 0.3) is 0 Å². The molecule has 82 valence electrons. The second kappa shape index (κ2) is 5.54. The van der Waals surface area contributed by atoms with Gasteiger partial charge in [0.15, 0.2) is 0 Å². The van der Waals surface area contributed by atoms with E-state index in [-0.39, 0.29) is 18.6 Å². The van der Waals surface area contributed by atoms with E-state index in [4.69, 9.17) is 14.8 Å². The van der Waals surface area contributed by atoms with Gasteiger partial charge in [-0.25, -0.2) is 0 Å². The number of nitriles is 1. The molecule has 0 amide bonds. The molecule has 2 atom stereocenters. The van der Waals surface area contributed by atoms with Crippen molar-refractivity contribution in [3.8, 4) is 6.07 Å². The molecule has 0 aliphatic carbocycles. The van der Waals surface area contributed by atoms with Gasteiger partial charge in [0.1, 0.15) is 11.8 Å². The third-order valence-corrected chi connectivity index (χ3v) is 2.51. The molecule has 1 heterocycles. The fourth-order valence-corrected chi connectivity index (χ4v) is 1.15. The van der Waals surface area contributed by atoms with E-state index in [1.165, 1.54) is 0 Å². The van der Waals surface area contributed by atoms with Crippen molar-refractivity contribution in [2.75, 3.05) is 6.61 Å². The maximum absolute atomic E-state index is 8.94. The van der Waals surface area contributed by atoms with Gasteiger partial charge in [-0.2, -0.15) is 5.26 Å². The van der Waals surface area contributed by atoms with Crippen LogP contribution in [0.4, 0.5) is 0 Å². The van der Waals surface area contributed by atoms with Gasteiger partial charge in [0, 0.05) is 12.6 Å². The van der Waals surface area contributed by atoms with Gasteiger partial charge < -0.3 is 14.8 Å². The number of nitrogens with one attached hydrogen (secondary N) is 1. The molecule has 0 saturated carbocycles. The van der Waals surface area contributed by atoms with Gasteiger partial charge in [-0.05, 0) is 25.0 Å². The van der Waals surface area contributed by atoms with Crippen molar-refractivity contribution in [1.29, 1.82) is 5.26 Å². The molecule has 0 fully saturated rings. The zero-order valence-electron chi connectivity index (χ0n) is 9.03. The lowest BCUT2D eigenvalue weighted by Gasteiger charge is -2.18. The van der Waals surface area contributed by atoms with E-state index in [9.17, 15) is 0 Å². The van der Waals surface area contributed by atoms with Crippen LogP contribution in [0.15, 0.2) is 16.5 Å². The molecule has 4 nitrogen and oxygen atoms in total. The third kappa shape index (κ3) is 3.39. The Morgan fingerprint density at radius 2 is 2.27 bits per heavy atom. The lowest BCUT2D eigenvalue weighted by atomic mass is 10.1. The lowest BCUT2D eigenvalue weighted by Crippen LogP contribution is -2.33. The summed E-state index contributed by atoms with van der Waals surface area (Å²) < 4.78 is 5.21. The fraction of sp³-hybridized carbons (Fsp3) is 0.545. The van der Waals surface area contributed by atoms with Crippen molar-refractivity contribution < 1.29 is 9.52 Å². The fourth-order valence-electron chi connectivity index (χ4n) is 1.15. The predicted molar refractivity (Wildman–Crippen MR) is 56.0 cm³/mol. The van der Waals surface area contributed by atoms with Gasteiger partial charge in [-0.15, -0.1) is 0 Å². The summed E-state index contributed by atoms with van der Waals surface area (Å²) in [5.74, 6) is 1.27. The van der Waals surface area contributed by atoms with E-state index < -0.39 is 0 Å². The number of furan rings is 1. The molecule has 0 aliphatic heterocycles. The minimum Gasteiger partial charge on any atom is -0.449 e. The molecule has 0 aliphatic rings. The second-order valence-corrected chi connectivity index (χ2v) is 3.71. The lowest BCUT2D eigenvalue weighted by molar-refractivity contribution is 0.205. The van der Waals surface area contributed by atoms with E-state index in [2.05, 4.69) is 5.32 Å². The smallest absolute Gasteiger partial charge is 0.203 e. The number of aliphatic hydroxyl groups excluding tert-OH is 1. The zero-order valence-corrected chi connectivity index (χ0v) is 9.03. The van der Waals surface area contributed by atoms with E-state index in [1.807, 2.05) is 19.9 Å². The molecule has 15 heavy (non-hydrogen) atoms. The van der Waals surface area contributed by atoms with Gasteiger partial charge in [0.25, 0.3) is 0 Å². The molecule has 2 N–H and O–H groups in total. The molecule has 0 aromatic carbocycles. The van der Waals surface area contributed by atoms with Crippen LogP contribution in [0.1, 0.15) is 25.4 Å². The summed E-state index contributed by atoms with van der Waals surface area (Å²) in [7, 11) is 0. The minimum atomic E-state index is 0.162. The molecule has 1 aromatic heterocycles. The topological polar surface area (TPSA) is 69.2 Å². The first-order valence-electron chi connectivity index (χ1n) is 5.00. The molecule has 0 bridgehead atoms. The molecule has 4 heteroatoms. The van der Waals surface area contributed by atoms with Crippen LogP contribution in [-0.2, 0) is 6.54 Å². The van der Waals surface area contributed by atoms with Gasteiger partial charge in [-0.3, -0.25) is 0 Å². The zero-order chi connectivity index (χ0) is 11.3. The minimum absolute atomic E-state index is 0.162. The molecular weight excluding hydrogens is 192 g/mol. The highest BCUT2D eigenvalue weighted by Crippen LogP contribution is 2.07. The van der Waals surface area contributed by atoms with Crippen LogP contribution in [0.5, 0.6) is 0 Å². The Bertz CT molecular complexity index is 341. The van der Waals surface area contributed by atoms with Crippen molar-refractivity contribution in [3.05, 3.63) is 23.7 Å². The highest BCUT2D eigenvalue weighted by molar-refractivity contribution is 5.18. The largest absolute Gasteiger partial charge is 0.449 e. The number of nitrogens with zero attached hydrogens (tertiary/aromatic N) is 1. The summed E-state index contributed by atoms with van der Waals surface area (Å²) in [6, 6.07) is 5.58. The SMILES string of the molecule is CC(CO)C(C)NCc1ccc(C#N)o1. The Labute approximate surface area is 89.5 Å². The first-order chi connectivity index (χ1) is 7.17. The molecule has 2 unspecified atom stereocenters. The summed E-state index contributed by atoms with van der Waals surface area (Å²) in [6.07, 6.45) is 0. The first kappa shape index (κ1) is 11.8. The van der Waals surface area contributed by atoms with E-state index >= 15 is 0 Å². The summed E-state index contributed by atoms with van der Waals surface area (Å²) in [4.78, 5) is 0. The molecule has 1 rings (SSSR count). The summed E-state index contributed by atoms with van der Waals surface area (Å²) >= 11 is 0. The highest BCUT2D eigenvalue weighted by atomic mass is 16.3. The van der Waals surface area contributed by atoms with E-state index in [0.29, 0.717) is 12.3 Å². The van der Waals surface area contributed by atoms with Gasteiger partial charge in [0.2, 0.25) is 5.76 Å². The number of aliphatic hydroxyl groups is 1. The molecule has 0 spiro atoms. The van der Waals surface area contributed by atoms with Crippen LogP contribution < -0.4 is 5.32 Å². The molecule has 0 saturated heterocycles. The number of hydrogen-bond acceptors (Lipinski definition) is 4. The van der Waals surface area contributed by atoms with E-state index in [0.717, 1.165) is 5.76 Å². The summed E-state index contributed by atoms with van der Waals surface area (Å²) in [5.41, 5.74) is 0. The van der Waals surface area contributed by atoms with Crippen molar-refractivity contribution in [3.63, 3.8) is 0 Å². The Morgan fingerprint density at radius 1 is 1.53 bits per heavy atom. The van der Waals surface area contributed by atoms with Crippen molar-refractivity contribution in [2.45, 2.75) is 26.4 Å². The monoisotopic (exact) mass is 208 g/mol. The molecular formula is C11H16N2O2. The van der Waals surface area contributed by atoms with Crippen LogP contribution >= 0.6 is 0 Å². The number of hydrogen-bond donors (Lipinski definition) is 2. The molecule has 1 aromatic rings. The third-order valence-electron chi connectivity index (χ3n) is 2.51.